The molecule has 1 N–H and O–H groups in total. The quantitative estimate of drug-likeness (QED) is 0.920. The summed E-state index contributed by atoms with van der Waals surface area (Å²) in [4.78, 5) is 2.26. The van der Waals surface area contributed by atoms with Gasteiger partial charge in [0, 0.05) is 31.6 Å². The zero-order chi connectivity index (χ0) is 15.0. The molecule has 0 aliphatic carbocycles. The van der Waals surface area contributed by atoms with E-state index in [0.29, 0.717) is 6.54 Å². The minimum absolute atomic E-state index is 0.0247. The number of aliphatic hydroxyl groups is 1. The minimum atomic E-state index is -0.275. The van der Waals surface area contributed by atoms with Crippen LogP contribution in [-0.2, 0) is 11.2 Å². The molecule has 0 amide bonds. The SMILES string of the molecule is CC1(C)CN(CC2Cc3cc(F)ccc3O2)CC(CO)O1. The van der Waals surface area contributed by atoms with Crippen LogP contribution >= 0.6 is 0 Å². The molecule has 0 saturated carbocycles. The molecule has 2 atom stereocenters. The van der Waals surface area contributed by atoms with Gasteiger partial charge in [-0.25, -0.2) is 4.39 Å². The number of morpholine rings is 1. The van der Waals surface area contributed by atoms with Crippen LogP contribution in [0.3, 0.4) is 0 Å². The van der Waals surface area contributed by atoms with Crippen LogP contribution in [0.1, 0.15) is 19.4 Å². The summed E-state index contributed by atoms with van der Waals surface area (Å²) >= 11 is 0. The van der Waals surface area contributed by atoms with Gasteiger partial charge in [-0.2, -0.15) is 0 Å². The summed E-state index contributed by atoms with van der Waals surface area (Å²) in [7, 11) is 0. The third-order valence-electron chi connectivity index (χ3n) is 3.98. The normalized spacial score (nSPS) is 28.2. The van der Waals surface area contributed by atoms with Crippen LogP contribution in [0.25, 0.3) is 0 Å². The van der Waals surface area contributed by atoms with E-state index < -0.39 is 0 Å². The number of rotatable bonds is 3. The van der Waals surface area contributed by atoms with Gasteiger partial charge in [0.15, 0.2) is 0 Å². The highest BCUT2D eigenvalue weighted by Crippen LogP contribution is 2.30. The summed E-state index contributed by atoms with van der Waals surface area (Å²) in [5.74, 6) is 0.568. The fourth-order valence-electron chi connectivity index (χ4n) is 3.33. The molecule has 2 unspecified atom stereocenters. The van der Waals surface area contributed by atoms with Crippen molar-refractivity contribution in [2.24, 2.45) is 0 Å². The summed E-state index contributed by atoms with van der Waals surface area (Å²) in [6.45, 7) is 6.35. The molecular weight excluding hydrogens is 273 g/mol. The monoisotopic (exact) mass is 295 g/mol. The second kappa shape index (κ2) is 5.55. The van der Waals surface area contributed by atoms with E-state index in [4.69, 9.17) is 9.47 Å². The Kier molecular flexibility index (Phi) is 3.90. The van der Waals surface area contributed by atoms with Crippen LogP contribution in [0.4, 0.5) is 4.39 Å². The van der Waals surface area contributed by atoms with E-state index in [-0.39, 0.29) is 30.2 Å². The molecule has 5 heteroatoms. The van der Waals surface area contributed by atoms with Crippen molar-refractivity contribution >= 4 is 0 Å². The van der Waals surface area contributed by atoms with Crippen LogP contribution in [0.15, 0.2) is 18.2 Å². The molecule has 1 aromatic rings. The van der Waals surface area contributed by atoms with E-state index in [1.165, 1.54) is 6.07 Å². The third kappa shape index (κ3) is 3.36. The molecule has 3 rings (SSSR count). The Bertz CT molecular complexity index is 520. The highest BCUT2D eigenvalue weighted by molar-refractivity contribution is 5.37. The lowest BCUT2D eigenvalue weighted by atomic mass is 10.0. The Hall–Kier alpha value is -1.17. The molecule has 1 fully saturated rings. The largest absolute Gasteiger partial charge is 0.488 e. The topological polar surface area (TPSA) is 41.9 Å². The predicted molar refractivity (Wildman–Crippen MR) is 77.0 cm³/mol. The zero-order valence-electron chi connectivity index (χ0n) is 12.5. The van der Waals surface area contributed by atoms with Crippen LogP contribution in [-0.4, -0.2) is 54.1 Å². The van der Waals surface area contributed by atoms with Crippen LogP contribution in [0.2, 0.25) is 0 Å². The van der Waals surface area contributed by atoms with Crippen molar-refractivity contribution in [3.8, 4) is 5.75 Å². The number of hydrogen-bond acceptors (Lipinski definition) is 4. The van der Waals surface area contributed by atoms with Gasteiger partial charge < -0.3 is 14.6 Å². The first-order valence-corrected chi connectivity index (χ1v) is 7.41. The zero-order valence-corrected chi connectivity index (χ0v) is 12.5. The average molecular weight is 295 g/mol. The Morgan fingerprint density at radius 3 is 2.95 bits per heavy atom. The number of hydrogen-bond donors (Lipinski definition) is 1. The summed E-state index contributed by atoms with van der Waals surface area (Å²) in [6.07, 6.45) is 0.610. The van der Waals surface area contributed by atoms with Gasteiger partial charge in [-0.3, -0.25) is 4.90 Å². The molecule has 2 aliphatic rings. The Labute approximate surface area is 124 Å². The van der Waals surface area contributed by atoms with Crippen LogP contribution in [0, 0.1) is 5.82 Å². The lowest BCUT2D eigenvalue weighted by Gasteiger charge is -2.42. The van der Waals surface area contributed by atoms with Crippen molar-refractivity contribution in [1.82, 2.24) is 4.90 Å². The van der Waals surface area contributed by atoms with Crippen molar-refractivity contribution in [2.75, 3.05) is 26.2 Å². The number of aliphatic hydroxyl groups excluding tert-OH is 1. The Morgan fingerprint density at radius 2 is 2.19 bits per heavy atom. The smallest absolute Gasteiger partial charge is 0.123 e. The number of ether oxygens (including phenoxy) is 2. The lowest BCUT2D eigenvalue weighted by Crippen LogP contribution is -2.55. The molecule has 0 aromatic heterocycles. The first-order chi connectivity index (χ1) is 9.95. The molecule has 2 aliphatic heterocycles. The van der Waals surface area contributed by atoms with E-state index in [0.717, 1.165) is 30.8 Å². The van der Waals surface area contributed by atoms with Gasteiger partial charge in [0.05, 0.1) is 18.3 Å². The predicted octanol–water partition coefficient (Wildman–Crippen LogP) is 1.60. The van der Waals surface area contributed by atoms with E-state index in [9.17, 15) is 9.50 Å². The standard InChI is InChI=1S/C16H22FNO3/c1-16(2)10-18(8-14(9-19)21-16)7-13-6-11-5-12(17)3-4-15(11)20-13/h3-5,13-14,19H,6-10H2,1-2H3. The van der Waals surface area contributed by atoms with Crippen LogP contribution < -0.4 is 4.74 Å². The second-order valence-corrected chi connectivity index (χ2v) is 6.57. The van der Waals surface area contributed by atoms with E-state index in [1.54, 1.807) is 12.1 Å². The van der Waals surface area contributed by atoms with Gasteiger partial charge in [0.1, 0.15) is 17.7 Å². The van der Waals surface area contributed by atoms with Gasteiger partial charge >= 0.3 is 0 Å². The van der Waals surface area contributed by atoms with Crippen molar-refractivity contribution in [2.45, 2.75) is 38.1 Å². The maximum absolute atomic E-state index is 13.2. The third-order valence-corrected chi connectivity index (χ3v) is 3.98. The average Bonchev–Trinajstić information content (AvgIpc) is 2.77. The first kappa shape index (κ1) is 14.8. The highest BCUT2D eigenvalue weighted by atomic mass is 19.1. The van der Waals surface area contributed by atoms with Gasteiger partial charge in [-0.1, -0.05) is 0 Å². The number of fused-ring (bicyclic) bond motifs is 1. The van der Waals surface area contributed by atoms with Crippen molar-refractivity contribution in [3.63, 3.8) is 0 Å². The molecule has 1 aromatic carbocycles. The molecule has 0 bridgehead atoms. The summed E-state index contributed by atoms with van der Waals surface area (Å²) < 4.78 is 24.9. The van der Waals surface area contributed by atoms with Crippen molar-refractivity contribution < 1.29 is 19.0 Å². The number of benzene rings is 1. The van der Waals surface area contributed by atoms with Gasteiger partial charge in [-0.15, -0.1) is 0 Å². The molecule has 2 heterocycles. The first-order valence-electron chi connectivity index (χ1n) is 7.41. The maximum Gasteiger partial charge on any atom is 0.123 e. The molecule has 1 saturated heterocycles. The highest BCUT2D eigenvalue weighted by Gasteiger charge is 2.35. The molecular formula is C16H22FNO3. The summed E-state index contributed by atoms with van der Waals surface area (Å²) in [6, 6.07) is 4.68. The van der Waals surface area contributed by atoms with Gasteiger partial charge in [-0.05, 0) is 32.0 Å². The maximum atomic E-state index is 13.2. The second-order valence-electron chi connectivity index (χ2n) is 6.57. The van der Waals surface area contributed by atoms with Gasteiger partial charge in [0.2, 0.25) is 0 Å². The van der Waals surface area contributed by atoms with E-state index >= 15 is 0 Å². The molecule has 116 valence electrons. The lowest BCUT2D eigenvalue weighted by molar-refractivity contribution is -0.151. The fraction of sp³-hybridized carbons (Fsp3) is 0.625. The molecule has 0 spiro atoms. The Morgan fingerprint density at radius 1 is 1.38 bits per heavy atom. The molecule has 4 nitrogen and oxygen atoms in total. The van der Waals surface area contributed by atoms with Crippen molar-refractivity contribution in [3.05, 3.63) is 29.6 Å². The van der Waals surface area contributed by atoms with E-state index in [1.807, 2.05) is 13.8 Å². The summed E-state index contributed by atoms with van der Waals surface area (Å²) in [5.41, 5.74) is 0.662. The summed E-state index contributed by atoms with van der Waals surface area (Å²) in [5, 5.41) is 9.35. The Balaban J connectivity index is 1.63. The van der Waals surface area contributed by atoms with Crippen molar-refractivity contribution in [1.29, 1.82) is 0 Å². The van der Waals surface area contributed by atoms with Gasteiger partial charge in [0.25, 0.3) is 0 Å². The molecule has 0 radical (unpaired) electrons. The molecule has 21 heavy (non-hydrogen) atoms. The fourth-order valence-corrected chi connectivity index (χ4v) is 3.33. The van der Waals surface area contributed by atoms with Crippen LogP contribution in [0.5, 0.6) is 5.75 Å². The number of halogens is 1. The number of nitrogens with zero attached hydrogens (tertiary/aromatic N) is 1. The minimum Gasteiger partial charge on any atom is -0.488 e. The van der Waals surface area contributed by atoms with E-state index in [2.05, 4.69) is 4.90 Å².